The molecule has 2 N–H and O–H groups in total. The van der Waals surface area contributed by atoms with E-state index < -0.39 is 5.97 Å². The molecule has 3 nitrogen and oxygen atoms in total. The topological polar surface area (TPSA) is 57.5 Å². The molecular weight excluding hydrogens is 180 g/mol. The van der Waals surface area contributed by atoms with Crippen molar-refractivity contribution < 1.29 is 15.0 Å². The van der Waals surface area contributed by atoms with Gasteiger partial charge in [0.2, 0.25) is 0 Å². The highest BCUT2D eigenvalue weighted by atomic mass is 16.4. The molecule has 0 spiro atoms. The molecule has 0 aliphatic carbocycles. The van der Waals surface area contributed by atoms with E-state index in [1.807, 2.05) is 19.1 Å². The first-order valence-corrected chi connectivity index (χ1v) is 4.25. The molecule has 1 aromatic rings. The van der Waals surface area contributed by atoms with Crippen LogP contribution in [-0.2, 0) is 11.4 Å². The molecule has 0 fully saturated rings. The van der Waals surface area contributed by atoms with E-state index in [1.54, 1.807) is 6.07 Å². The average Bonchev–Trinajstić information content (AvgIpc) is 2.15. The van der Waals surface area contributed by atoms with Gasteiger partial charge in [0.25, 0.3) is 0 Å². The second kappa shape index (κ2) is 4.58. The largest absolute Gasteiger partial charge is 0.478 e. The van der Waals surface area contributed by atoms with Gasteiger partial charge in [-0.05, 0) is 24.1 Å². The smallest absolute Gasteiger partial charge is 0.328 e. The Morgan fingerprint density at radius 3 is 2.79 bits per heavy atom. The fourth-order valence-corrected chi connectivity index (χ4v) is 1.20. The van der Waals surface area contributed by atoms with E-state index in [2.05, 4.69) is 0 Å². The number of carboxylic acids is 1. The molecule has 14 heavy (non-hydrogen) atoms. The summed E-state index contributed by atoms with van der Waals surface area (Å²) in [7, 11) is 0. The number of aliphatic hydroxyl groups excluding tert-OH is 1. The highest BCUT2D eigenvalue weighted by molar-refractivity contribution is 5.85. The van der Waals surface area contributed by atoms with Crippen LogP contribution in [0.2, 0.25) is 0 Å². The van der Waals surface area contributed by atoms with E-state index in [0.29, 0.717) is 0 Å². The van der Waals surface area contributed by atoms with Crippen molar-refractivity contribution in [2.45, 2.75) is 13.5 Å². The molecule has 0 radical (unpaired) electrons. The summed E-state index contributed by atoms with van der Waals surface area (Å²) in [5.41, 5.74) is 2.52. The third-order valence-corrected chi connectivity index (χ3v) is 1.87. The monoisotopic (exact) mass is 192 g/mol. The van der Waals surface area contributed by atoms with Gasteiger partial charge in [0.15, 0.2) is 0 Å². The SMILES string of the molecule is Cc1ccc(C=CC(=O)O)c(CO)c1. The number of aryl methyl sites for hydroxylation is 1. The third kappa shape index (κ3) is 2.71. The summed E-state index contributed by atoms with van der Waals surface area (Å²) in [6, 6.07) is 5.50. The zero-order valence-corrected chi connectivity index (χ0v) is 7.90. The van der Waals surface area contributed by atoms with Crippen LogP contribution in [0.4, 0.5) is 0 Å². The van der Waals surface area contributed by atoms with Crippen LogP contribution in [0.3, 0.4) is 0 Å². The fourth-order valence-electron chi connectivity index (χ4n) is 1.20. The molecule has 0 amide bonds. The minimum Gasteiger partial charge on any atom is -0.478 e. The Labute approximate surface area is 82.3 Å². The normalized spacial score (nSPS) is 10.7. The molecule has 1 rings (SSSR count). The Balaban J connectivity index is 3.02. The van der Waals surface area contributed by atoms with Crippen LogP contribution in [-0.4, -0.2) is 16.2 Å². The zero-order valence-electron chi connectivity index (χ0n) is 7.90. The number of carboxylic acid groups (broad SMARTS) is 1. The van der Waals surface area contributed by atoms with E-state index in [4.69, 9.17) is 10.2 Å². The summed E-state index contributed by atoms with van der Waals surface area (Å²) in [6.07, 6.45) is 2.54. The molecular formula is C11H12O3. The van der Waals surface area contributed by atoms with Gasteiger partial charge < -0.3 is 10.2 Å². The van der Waals surface area contributed by atoms with Crippen molar-refractivity contribution in [2.75, 3.05) is 0 Å². The van der Waals surface area contributed by atoms with Crippen molar-refractivity contribution in [3.05, 3.63) is 41.0 Å². The van der Waals surface area contributed by atoms with Gasteiger partial charge in [0.05, 0.1) is 6.61 Å². The molecule has 74 valence electrons. The first-order valence-electron chi connectivity index (χ1n) is 4.25. The van der Waals surface area contributed by atoms with E-state index in [9.17, 15) is 4.79 Å². The fraction of sp³-hybridized carbons (Fsp3) is 0.182. The standard InChI is InChI=1S/C11H12O3/c1-8-2-3-9(4-5-11(13)14)10(6-8)7-12/h2-6,12H,7H2,1H3,(H,13,14). The Morgan fingerprint density at radius 1 is 1.50 bits per heavy atom. The van der Waals surface area contributed by atoms with E-state index in [1.165, 1.54) is 6.08 Å². The highest BCUT2D eigenvalue weighted by Gasteiger charge is 1.98. The van der Waals surface area contributed by atoms with Crippen molar-refractivity contribution in [1.29, 1.82) is 0 Å². The van der Waals surface area contributed by atoms with Gasteiger partial charge in [-0.3, -0.25) is 0 Å². The molecule has 0 aliphatic heterocycles. The van der Waals surface area contributed by atoms with Crippen LogP contribution in [0.15, 0.2) is 24.3 Å². The van der Waals surface area contributed by atoms with E-state index in [-0.39, 0.29) is 6.61 Å². The Hall–Kier alpha value is -1.61. The minimum absolute atomic E-state index is 0.0824. The van der Waals surface area contributed by atoms with Gasteiger partial charge in [-0.1, -0.05) is 23.8 Å². The summed E-state index contributed by atoms with van der Waals surface area (Å²) in [4.78, 5) is 10.3. The predicted molar refractivity (Wildman–Crippen MR) is 53.8 cm³/mol. The number of benzene rings is 1. The lowest BCUT2D eigenvalue weighted by atomic mass is 10.0. The summed E-state index contributed by atoms with van der Waals surface area (Å²) in [6.45, 7) is 1.84. The van der Waals surface area contributed by atoms with Crippen molar-refractivity contribution in [3.8, 4) is 0 Å². The van der Waals surface area contributed by atoms with Crippen LogP contribution < -0.4 is 0 Å². The number of carbonyl (C=O) groups is 1. The summed E-state index contributed by atoms with van der Waals surface area (Å²) >= 11 is 0. The first-order chi connectivity index (χ1) is 6.63. The maximum absolute atomic E-state index is 10.3. The van der Waals surface area contributed by atoms with Crippen LogP contribution in [0.5, 0.6) is 0 Å². The number of rotatable bonds is 3. The van der Waals surface area contributed by atoms with E-state index in [0.717, 1.165) is 22.8 Å². The lowest BCUT2D eigenvalue weighted by molar-refractivity contribution is -0.131. The lowest BCUT2D eigenvalue weighted by Crippen LogP contribution is -1.91. The molecule has 0 saturated carbocycles. The lowest BCUT2D eigenvalue weighted by Gasteiger charge is -2.03. The average molecular weight is 192 g/mol. The Morgan fingerprint density at radius 2 is 2.21 bits per heavy atom. The van der Waals surface area contributed by atoms with Gasteiger partial charge in [-0.2, -0.15) is 0 Å². The second-order valence-corrected chi connectivity index (χ2v) is 3.03. The second-order valence-electron chi connectivity index (χ2n) is 3.03. The molecule has 0 unspecified atom stereocenters. The predicted octanol–water partition coefficient (Wildman–Crippen LogP) is 1.59. The quantitative estimate of drug-likeness (QED) is 0.715. The highest BCUT2D eigenvalue weighted by Crippen LogP contribution is 2.13. The molecule has 0 aromatic heterocycles. The maximum Gasteiger partial charge on any atom is 0.328 e. The van der Waals surface area contributed by atoms with Crippen LogP contribution in [0.1, 0.15) is 16.7 Å². The van der Waals surface area contributed by atoms with Crippen LogP contribution in [0.25, 0.3) is 6.08 Å². The van der Waals surface area contributed by atoms with Crippen LogP contribution in [0, 0.1) is 6.92 Å². The molecule has 0 heterocycles. The van der Waals surface area contributed by atoms with Crippen molar-refractivity contribution in [3.63, 3.8) is 0 Å². The number of aliphatic hydroxyl groups is 1. The van der Waals surface area contributed by atoms with Crippen molar-refractivity contribution in [1.82, 2.24) is 0 Å². The van der Waals surface area contributed by atoms with Gasteiger partial charge in [0.1, 0.15) is 0 Å². The number of aliphatic carboxylic acids is 1. The molecule has 0 bridgehead atoms. The summed E-state index contributed by atoms with van der Waals surface area (Å²) < 4.78 is 0. The van der Waals surface area contributed by atoms with Crippen LogP contribution >= 0.6 is 0 Å². The van der Waals surface area contributed by atoms with Gasteiger partial charge in [-0.25, -0.2) is 4.79 Å². The molecule has 1 aromatic carbocycles. The Kier molecular flexibility index (Phi) is 3.42. The maximum atomic E-state index is 10.3. The molecule has 0 atom stereocenters. The third-order valence-electron chi connectivity index (χ3n) is 1.87. The van der Waals surface area contributed by atoms with Gasteiger partial charge >= 0.3 is 5.97 Å². The summed E-state index contributed by atoms with van der Waals surface area (Å²) in [5.74, 6) is -0.991. The van der Waals surface area contributed by atoms with Gasteiger partial charge in [-0.15, -0.1) is 0 Å². The summed E-state index contributed by atoms with van der Waals surface area (Å²) in [5, 5.41) is 17.5. The van der Waals surface area contributed by atoms with Crippen molar-refractivity contribution in [2.24, 2.45) is 0 Å². The Bertz CT molecular complexity index is 367. The number of hydrogen-bond acceptors (Lipinski definition) is 2. The molecule has 0 saturated heterocycles. The zero-order chi connectivity index (χ0) is 10.6. The molecule has 3 heteroatoms. The van der Waals surface area contributed by atoms with E-state index >= 15 is 0 Å². The van der Waals surface area contributed by atoms with Crippen molar-refractivity contribution >= 4 is 12.0 Å². The minimum atomic E-state index is -0.991. The number of hydrogen-bond donors (Lipinski definition) is 2. The van der Waals surface area contributed by atoms with Gasteiger partial charge in [0, 0.05) is 6.08 Å². The first kappa shape index (κ1) is 10.5. The molecule has 0 aliphatic rings.